The largest absolute Gasteiger partial charge is 0.338 e. The van der Waals surface area contributed by atoms with Crippen molar-refractivity contribution >= 4 is 5.95 Å². The van der Waals surface area contributed by atoms with Crippen molar-refractivity contribution in [3.8, 4) is 0 Å². The van der Waals surface area contributed by atoms with Gasteiger partial charge in [0.15, 0.2) is 0 Å². The van der Waals surface area contributed by atoms with Gasteiger partial charge in [0, 0.05) is 25.6 Å². The Morgan fingerprint density at radius 2 is 2.25 bits per heavy atom. The summed E-state index contributed by atoms with van der Waals surface area (Å²) in [6, 6.07) is 0.277. The van der Waals surface area contributed by atoms with Gasteiger partial charge in [-0.3, -0.25) is 5.10 Å². The van der Waals surface area contributed by atoms with Gasteiger partial charge in [-0.15, -0.1) is 5.10 Å². The lowest BCUT2D eigenvalue weighted by Crippen LogP contribution is -2.43. The number of rotatable bonds is 3. The first-order chi connectivity index (χ1) is 7.81. The summed E-state index contributed by atoms with van der Waals surface area (Å²) in [6.45, 7) is 1.93. The molecule has 88 valence electrons. The van der Waals surface area contributed by atoms with E-state index in [1.54, 1.807) is 0 Å². The van der Waals surface area contributed by atoms with E-state index in [0.717, 1.165) is 50.0 Å². The van der Waals surface area contributed by atoms with E-state index in [-0.39, 0.29) is 6.04 Å². The van der Waals surface area contributed by atoms with Gasteiger partial charge in [-0.1, -0.05) is 0 Å². The number of aromatic nitrogens is 3. The SMILES string of the molecule is NC1CCCN(c2n[nH]c(CC3CC3)n2)C1. The summed E-state index contributed by atoms with van der Waals surface area (Å²) in [5.74, 6) is 2.73. The molecule has 1 aliphatic carbocycles. The van der Waals surface area contributed by atoms with E-state index in [4.69, 9.17) is 5.73 Å². The van der Waals surface area contributed by atoms with Crippen LogP contribution in [0.1, 0.15) is 31.5 Å². The van der Waals surface area contributed by atoms with E-state index >= 15 is 0 Å². The maximum Gasteiger partial charge on any atom is 0.244 e. The number of hydrogen-bond donors (Lipinski definition) is 2. The first kappa shape index (κ1) is 10.1. The molecule has 5 heteroatoms. The second-order valence-electron chi connectivity index (χ2n) is 5.08. The topological polar surface area (TPSA) is 70.8 Å². The zero-order valence-electron chi connectivity index (χ0n) is 9.52. The zero-order valence-corrected chi connectivity index (χ0v) is 9.52. The summed E-state index contributed by atoms with van der Waals surface area (Å²) in [7, 11) is 0. The average molecular weight is 221 g/mol. The molecule has 0 spiro atoms. The highest BCUT2D eigenvalue weighted by molar-refractivity contribution is 5.30. The molecule has 2 fully saturated rings. The third kappa shape index (κ3) is 2.19. The van der Waals surface area contributed by atoms with Crippen LogP contribution < -0.4 is 10.6 Å². The fourth-order valence-electron chi connectivity index (χ4n) is 2.30. The minimum absolute atomic E-state index is 0.277. The number of hydrogen-bond acceptors (Lipinski definition) is 4. The Hall–Kier alpha value is -1.10. The average Bonchev–Trinajstić information content (AvgIpc) is 2.94. The monoisotopic (exact) mass is 221 g/mol. The highest BCUT2D eigenvalue weighted by atomic mass is 15.4. The molecule has 1 atom stereocenters. The van der Waals surface area contributed by atoms with Crippen LogP contribution >= 0.6 is 0 Å². The molecule has 1 saturated heterocycles. The first-order valence-corrected chi connectivity index (χ1v) is 6.23. The first-order valence-electron chi connectivity index (χ1n) is 6.23. The van der Waals surface area contributed by atoms with Gasteiger partial charge in [0.1, 0.15) is 5.82 Å². The van der Waals surface area contributed by atoms with Crippen LogP contribution in [0.15, 0.2) is 0 Å². The van der Waals surface area contributed by atoms with Gasteiger partial charge in [-0.25, -0.2) is 0 Å². The summed E-state index contributed by atoms with van der Waals surface area (Å²) >= 11 is 0. The van der Waals surface area contributed by atoms with Crippen molar-refractivity contribution in [3.63, 3.8) is 0 Å². The number of anilines is 1. The fourth-order valence-corrected chi connectivity index (χ4v) is 2.30. The number of H-pyrrole nitrogens is 1. The van der Waals surface area contributed by atoms with Crippen LogP contribution in [0.4, 0.5) is 5.95 Å². The predicted octanol–water partition coefficient (Wildman–Crippen LogP) is 0.685. The van der Waals surface area contributed by atoms with Crippen molar-refractivity contribution in [2.24, 2.45) is 11.7 Å². The van der Waals surface area contributed by atoms with E-state index in [1.165, 1.54) is 12.8 Å². The number of piperidine rings is 1. The van der Waals surface area contributed by atoms with E-state index in [2.05, 4.69) is 20.1 Å². The van der Waals surface area contributed by atoms with Crippen molar-refractivity contribution < 1.29 is 0 Å². The van der Waals surface area contributed by atoms with Crippen LogP contribution in [-0.4, -0.2) is 34.3 Å². The number of nitrogens with one attached hydrogen (secondary N) is 1. The van der Waals surface area contributed by atoms with Gasteiger partial charge in [0.05, 0.1) is 0 Å². The molecule has 5 nitrogen and oxygen atoms in total. The molecular formula is C11H19N5. The van der Waals surface area contributed by atoms with Crippen LogP contribution in [0.5, 0.6) is 0 Å². The van der Waals surface area contributed by atoms with Crippen LogP contribution in [0, 0.1) is 5.92 Å². The van der Waals surface area contributed by atoms with Crippen molar-refractivity contribution in [2.75, 3.05) is 18.0 Å². The maximum absolute atomic E-state index is 5.95. The molecule has 0 radical (unpaired) electrons. The molecule has 0 bridgehead atoms. The van der Waals surface area contributed by atoms with Crippen molar-refractivity contribution in [3.05, 3.63) is 5.82 Å². The van der Waals surface area contributed by atoms with Gasteiger partial charge in [-0.2, -0.15) is 4.98 Å². The molecule has 2 heterocycles. The molecule has 1 aromatic heterocycles. The minimum atomic E-state index is 0.277. The summed E-state index contributed by atoms with van der Waals surface area (Å²) in [6.07, 6.45) is 6.03. The third-order valence-electron chi connectivity index (χ3n) is 3.44. The van der Waals surface area contributed by atoms with E-state index in [9.17, 15) is 0 Å². The predicted molar refractivity (Wildman–Crippen MR) is 62.2 cm³/mol. The lowest BCUT2D eigenvalue weighted by Gasteiger charge is -2.29. The lowest BCUT2D eigenvalue weighted by atomic mass is 10.1. The number of aromatic amines is 1. The zero-order chi connectivity index (χ0) is 11.0. The Balaban J connectivity index is 1.65. The molecular weight excluding hydrogens is 202 g/mol. The second kappa shape index (κ2) is 4.05. The Kier molecular flexibility index (Phi) is 2.55. The van der Waals surface area contributed by atoms with E-state index in [0.29, 0.717) is 0 Å². The third-order valence-corrected chi connectivity index (χ3v) is 3.44. The number of nitrogens with two attached hydrogens (primary N) is 1. The van der Waals surface area contributed by atoms with Crippen LogP contribution in [0.25, 0.3) is 0 Å². The number of nitrogens with zero attached hydrogens (tertiary/aromatic N) is 3. The lowest BCUT2D eigenvalue weighted by molar-refractivity contribution is 0.500. The van der Waals surface area contributed by atoms with Gasteiger partial charge in [0.25, 0.3) is 0 Å². The van der Waals surface area contributed by atoms with Gasteiger partial charge in [-0.05, 0) is 31.6 Å². The highest BCUT2D eigenvalue weighted by Gasteiger charge is 2.24. The molecule has 16 heavy (non-hydrogen) atoms. The van der Waals surface area contributed by atoms with Crippen molar-refractivity contribution in [2.45, 2.75) is 38.1 Å². The highest BCUT2D eigenvalue weighted by Crippen LogP contribution is 2.31. The second-order valence-corrected chi connectivity index (χ2v) is 5.08. The van der Waals surface area contributed by atoms with Gasteiger partial charge in [0.2, 0.25) is 5.95 Å². The molecule has 0 amide bonds. The van der Waals surface area contributed by atoms with E-state index < -0.39 is 0 Å². The Morgan fingerprint density at radius 1 is 1.38 bits per heavy atom. The van der Waals surface area contributed by atoms with Gasteiger partial charge >= 0.3 is 0 Å². The molecule has 2 aliphatic rings. The molecule has 1 aromatic rings. The standard InChI is InChI=1S/C11H19N5/c12-9-2-1-5-16(7-9)11-13-10(14-15-11)6-8-3-4-8/h8-9H,1-7,12H2,(H,13,14,15). The summed E-state index contributed by atoms with van der Waals surface area (Å²) in [4.78, 5) is 6.75. The van der Waals surface area contributed by atoms with E-state index in [1.807, 2.05) is 0 Å². The molecule has 0 aromatic carbocycles. The van der Waals surface area contributed by atoms with Crippen LogP contribution in [0.3, 0.4) is 0 Å². The molecule has 1 unspecified atom stereocenters. The normalized spacial score (nSPS) is 26.1. The Morgan fingerprint density at radius 3 is 3.00 bits per heavy atom. The van der Waals surface area contributed by atoms with Crippen LogP contribution in [-0.2, 0) is 6.42 Å². The summed E-state index contributed by atoms with van der Waals surface area (Å²) in [5.41, 5.74) is 5.95. The van der Waals surface area contributed by atoms with Crippen molar-refractivity contribution in [1.82, 2.24) is 15.2 Å². The molecule has 1 aliphatic heterocycles. The summed E-state index contributed by atoms with van der Waals surface area (Å²) < 4.78 is 0. The molecule has 3 rings (SSSR count). The summed E-state index contributed by atoms with van der Waals surface area (Å²) in [5, 5.41) is 7.34. The van der Waals surface area contributed by atoms with Crippen molar-refractivity contribution in [1.29, 1.82) is 0 Å². The Bertz CT molecular complexity index is 357. The fraction of sp³-hybridized carbons (Fsp3) is 0.818. The minimum Gasteiger partial charge on any atom is -0.338 e. The van der Waals surface area contributed by atoms with Crippen LogP contribution in [0.2, 0.25) is 0 Å². The molecule has 1 saturated carbocycles. The quantitative estimate of drug-likeness (QED) is 0.787. The van der Waals surface area contributed by atoms with Gasteiger partial charge < -0.3 is 10.6 Å². The Labute approximate surface area is 95.4 Å². The maximum atomic E-state index is 5.95. The molecule has 3 N–H and O–H groups in total. The smallest absolute Gasteiger partial charge is 0.244 e.